The van der Waals surface area contributed by atoms with E-state index >= 15 is 0 Å². The van der Waals surface area contributed by atoms with Crippen LogP contribution in [0.3, 0.4) is 0 Å². The van der Waals surface area contributed by atoms with Gasteiger partial charge in [-0.15, -0.1) is 0 Å². The Kier molecular flexibility index (Phi) is 9.46. The number of hydrogen-bond acceptors (Lipinski definition) is 5. The highest BCUT2D eigenvalue weighted by molar-refractivity contribution is 5.65. The van der Waals surface area contributed by atoms with Crippen molar-refractivity contribution in [2.24, 2.45) is 5.73 Å². The molecule has 0 saturated carbocycles. The van der Waals surface area contributed by atoms with Crippen LogP contribution in [0.4, 0.5) is 0 Å². The van der Waals surface area contributed by atoms with E-state index in [1.54, 1.807) is 6.92 Å². The second kappa shape index (κ2) is 9.89. The van der Waals surface area contributed by atoms with Crippen molar-refractivity contribution >= 4 is 5.97 Å². The molecule has 1 heterocycles. The van der Waals surface area contributed by atoms with Gasteiger partial charge in [-0.05, 0) is 6.92 Å². The largest absolute Gasteiger partial charge is 0.466 e. The topological polar surface area (TPSA) is 67.6 Å². The van der Waals surface area contributed by atoms with Gasteiger partial charge in [0.2, 0.25) is 0 Å². The highest BCUT2D eigenvalue weighted by Crippen LogP contribution is 1.88. The van der Waals surface area contributed by atoms with Crippen LogP contribution in [0.1, 0.15) is 13.8 Å². The molecule has 90 valence electrons. The van der Waals surface area contributed by atoms with Crippen LogP contribution in [-0.4, -0.2) is 56.7 Å². The number of nitrogens with two attached hydrogens (primary N) is 1. The summed E-state index contributed by atoms with van der Waals surface area (Å²) in [6.07, 6.45) is 0. The molecule has 0 bridgehead atoms. The lowest BCUT2D eigenvalue weighted by Gasteiger charge is -2.26. The Bertz CT molecular complexity index is 156. The molecule has 0 spiro atoms. The van der Waals surface area contributed by atoms with Gasteiger partial charge in [0.1, 0.15) is 0 Å². The fourth-order valence-electron chi connectivity index (χ4n) is 1.32. The molecule has 0 atom stereocenters. The Labute approximate surface area is 91.9 Å². The second-order valence-corrected chi connectivity index (χ2v) is 3.30. The van der Waals surface area contributed by atoms with Gasteiger partial charge in [0.05, 0.1) is 6.61 Å². The first-order valence-corrected chi connectivity index (χ1v) is 5.47. The first-order chi connectivity index (χ1) is 7.20. The maximum atomic E-state index is 9.82. The van der Waals surface area contributed by atoms with E-state index in [1.165, 1.54) is 6.92 Å². The molecule has 0 aromatic heterocycles. The van der Waals surface area contributed by atoms with Crippen molar-refractivity contribution in [2.45, 2.75) is 13.8 Å². The van der Waals surface area contributed by atoms with Crippen LogP contribution in [0.2, 0.25) is 0 Å². The molecule has 1 rings (SSSR count). The third kappa shape index (κ3) is 9.65. The van der Waals surface area contributed by atoms with E-state index < -0.39 is 0 Å². The van der Waals surface area contributed by atoms with Crippen molar-refractivity contribution < 1.29 is 9.53 Å². The lowest BCUT2D eigenvalue weighted by atomic mass is 10.3. The van der Waals surface area contributed by atoms with E-state index in [9.17, 15) is 4.79 Å². The number of esters is 1. The van der Waals surface area contributed by atoms with Gasteiger partial charge < -0.3 is 15.8 Å². The zero-order valence-corrected chi connectivity index (χ0v) is 9.79. The molecule has 5 heteroatoms. The van der Waals surface area contributed by atoms with Gasteiger partial charge in [-0.3, -0.25) is 9.69 Å². The molecule has 1 aliphatic heterocycles. The first-order valence-electron chi connectivity index (χ1n) is 5.47. The van der Waals surface area contributed by atoms with Gasteiger partial charge >= 0.3 is 5.97 Å². The van der Waals surface area contributed by atoms with Crippen LogP contribution in [0.5, 0.6) is 0 Å². The van der Waals surface area contributed by atoms with Crippen LogP contribution < -0.4 is 11.1 Å². The monoisotopic (exact) mass is 217 g/mol. The fourth-order valence-corrected chi connectivity index (χ4v) is 1.32. The number of piperazine rings is 1. The molecule has 15 heavy (non-hydrogen) atoms. The normalized spacial score (nSPS) is 16.5. The van der Waals surface area contributed by atoms with Crippen molar-refractivity contribution in [1.82, 2.24) is 10.2 Å². The van der Waals surface area contributed by atoms with Crippen LogP contribution in [0.15, 0.2) is 0 Å². The molecule has 0 unspecified atom stereocenters. The maximum absolute atomic E-state index is 9.82. The number of carbonyl (C=O) groups is 1. The Balaban J connectivity index is 0.000000288. The second-order valence-electron chi connectivity index (χ2n) is 3.30. The molecule has 0 aliphatic carbocycles. The molecule has 5 nitrogen and oxygen atoms in total. The number of rotatable bonds is 3. The summed E-state index contributed by atoms with van der Waals surface area (Å²) in [7, 11) is 0. The lowest BCUT2D eigenvalue weighted by Crippen LogP contribution is -2.45. The SMILES string of the molecule is CCOC(C)=O.NCCN1CCNCC1. The minimum atomic E-state index is -0.211. The van der Waals surface area contributed by atoms with Gasteiger partial charge in [0.15, 0.2) is 0 Å². The third-order valence-electron chi connectivity index (χ3n) is 2.00. The van der Waals surface area contributed by atoms with E-state index in [-0.39, 0.29) is 5.97 Å². The summed E-state index contributed by atoms with van der Waals surface area (Å²) < 4.78 is 4.40. The predicted molar refractivity (Wildman–Crippen MR) is 60.7 cm³/mol. The Morgan fingerprint density at radius 1 is 1.47 bits per heavy atom. The summed E-state index contributed by atoms with van der Waals surface area (Å²) in [5.74, 6) is -0.211. The number of ether oxygens (including phenoxy) is 1. The minimum absolute atomic E-state index is 0.211. The minimum Gasteiger partial charge on any atom is -0.466 e. The van der Waals surface area contributed by atoms with Gasteiger partial charge in [-0.1, -0.05) is 0 Å². The van der Waals surface area contributed by atoms with Crippen LogP contribution >= 0.6 is 0 Å². The number of hydrogen-bond donors (Lipinski definition) is 2. The zero-order chi connectivity index (χ0) is 11.5. The molecule has 1 fully saturated rings. The zero-order valence-electron chi connectivity index (χ0n) is 9.79. The van der Waals surface area contributed by atoms with Gasteiger partial charge in [-0.25, -0.2) is 0 Å². The van der Waals surface area contributed by atoms with E-state index in [0.717, 1.165) is 39.3 Å². The van der Waals surface area contributed by atoms with Crippen LogP contribution in [0, 0.1) is 0 Å². The number of carbonyl (C=O) groups excluding carboxylic acids is 1. The third-order valence-corrected chi connectivity index (χ3v) is 2.00. The summed E-state index contributed by atoms with van der Waals surface area (Å²) in [5, 5.41) is 3.29. The quantitative estimate of drug-likeness (QED) is 0.619. The van der Waals surface area contributed by atoms with Gasteiger partial charge in [-0.2, -0.15) is 0 Å². The predicted octanol–water partition coefficient (Wildman–Crippen LogP) is -0.580. The Morgan fingerprint density at radius 3 is 2.40 bits per heavy atom. The molecule has 3 N–H and O–H groups in total. The van der Waals surface area contributed by atoms with E-state index in [1.807, 2.05) is 0 Å². The van der Waals surface area contributed by atoms with Crippen LogP contribution in [0.25, 0.3) is 0 Å². The maximum Gasteiger partial charge on any atom is 0.302 e. The molecule has 1 aliphatic rings. The van der Waals surface area contributed by atoms with Crippen molar-refractivity contribution in [2.75, 3.05) is 45.9 Å². The van der Waals surface area contributed by atoms with Gasteiger partial charge in [0.25, 0.3) is 0 Å². The van der Waals surface area contributed by atoms with Crippen molar-refractivity contribution in [3.8, 4) is 0 Å². The van der Waals surface area contributed by atoms with Crippen molar-refractivity contribution in [3.05, 3.63) is 0 Å². The Morgan fingerprint density at radius 2 is 2.07 bits per heavy atom. The van der Waals surface area contributed by atoms with E-state index in [4.69, 9.17) is 5.73 Å². The van der Waals surface area contributed by atoms with Crippen LogP contribution in [-0.2, 0) is 9.53 Å². The molecule has 0 aromatic rings. The Hall–Kier alpha value is -0.650. The molecule has 0 amide bonds. The number of nitrogens with one attached hydrogen (secondary N) is 1. The van der Waals surface area contributed by atoms with Crippen molar-refractivity contribution in [3.63, 3.8) is 0 Å². The fraction of sp³-hybridized carbons (Fsp3) is 0.900. The molecule has 0 radical (unpaired) electrons. The molecule has 0 aromatic carbocycles. The molecular formula is C10H23N3O2. The first kappa shape index (κ1) is 14.3. The average molecular weight is 217 g/mol. The highest BCUT2D eigenvalue weighted by atomic mass is 16.5. The smallest absolute Gasteiger partial charge is 0.302 e. The molecule has 1 saturated heterocycles. The lowest BCUT2D eigenvalue weighted by molar-refractivity contribution is -0.140. The summed E-state index contributed by atoms with van der Waals surface area (Å²) in [4.78, 5) is 12.2. The summed E-state index contributed by atoms with van der Waals surface area (Å²) in [6.45, 7) is 10.1. The highest BCUT2D eigenvalue weighted by Gasteiger charge is 2.06. The standard InChI is InChI=1S/C6H15N3.C4H8O2/c7-1-4-9-5-2-8-3-6-9;1-3-6-4(2)5/h8H,1-7H2;3H2,1-2H3. The van der Waals surface area contributed by atoms with E-state index in [0.29, 0.717) is 6.61 Å². The van der Waals surface area contributed by atoms with E-state index in [2.05, 4.69) is 15.0 Å². The van der Waals surface area contributed by atoms with Gasteiger partial charge in [0, 0.05) is 46.2 Å². The summed E-state index contributed by atoms with van der Waals surface area (Å²) in [6, 6.07) is 0. The number of nitrogens with zero attached hydrogens (tertiary/aromatic N) is 1. The molecular weight excluding hydrogens is 194 g/mol. The summed E-state index contributed by atoms with van der Waals surface area (Å²) in [5.41, 5.74) is 5.40. The van der Waals surface area contributed by atoms with Crippen molar-refractivity contribution in [1.29, 1.82) is 0 Å². The average Bonchev–Trinajstić information content (AvgIpc) is 2.20. The summed E-state index contributed by atoms with van der Waals surface area (Å²) >= 11 is 0.